The van der Waals surface area contributed by atoms with Crippen LogP contribution in [0.4, 0.5) is 4.39 Å². The van der Waals surface area contributed by atoms with Gasteiger partial charge in [-0.05, 0) is 12.8 Å². The normalized spacial score (nSPS) is 24.4. The van der Waals surface area contributed by atoms with Gasteiger partial charge in [-0.25, -0.2) is 4.98 Å². The first-order chi connectivity index (χ1) is 10.7. The second-order valence-electron chi connectivity index (χ2n) is 6.44. The Bertz CT molecular complexity index is 511. The highest BCUT2D eigenvalue weighted by Gasteiger charge is 2.35. The van der Waals surface area contributed by atoms with Gasteiger partial charge in [-0.15, -0.1) is 0 Å². The molecule has 5 nitrogen and oxygen atoms in total. The lowest BCUT2D eigenvalue weighted by Crippen LogP contribution is -2.46. The van der Waals surface area contributed by atoms with Crippen molar-refractivity contribution in [1.29, 1.82) is 0 Å². The Hall–Kier alpha value is -1.43. The highest BCUT2D eigenvalue weighted by atomic mass is 19.1. The van der Waals surface area contributed by atoms with E-state index in [9.17, 15) is 9.18 Å². The van der Waals surface area contributed by atoms with E-state index >= 15 is 0 Å². The van der Waals surface area contributed by atoms with E-state index in [4.69, 9.17) is 4.42 Å². The molecule has 1 unspecified atom stereocenters. The predicted octanol–water partition coefficient (Wildman–Crippen LogP) is 1.81. The van der Waals surface area contributed by atoms with Crippen molar-refractivity contribution in [3.63, 3.8) is 0 Å². The third-order valence-corrected chi connectivity index (χ3v) is 4.80. The molecular weight excluding hydrogens is 285 g/mol. The molecule has 0 N–H and O–H groups in total. The third-order valence-electron chi connectivity index (χ3n) is 4.80. The van der Waals surface area contributed by atoms with Crippen LogP contribution in [0.15, 0.2) is 10.6 Å². The van der Waals surface area contributed by atoms with Crippen molar-refractivity contribution in [3.05, 3.63) is 17.8 Å². The SMILES string of the molecule is Cc1ncc(CCN2CCC(N3CC(CF)CC3=O)CC2)o1. The molecule has 0 saturated carbocycles. The summed E-state index contributed by atoms with van der Waals surface area (Å²) in [6, 6.07) is 0.299. The summed E-state index contributed by atoms with van der Waals surface area (Å²) < 4.78 is 18.2. The van der Waals surface area contributed by atoms with Crippen molar-refractivity contribution in [2.75, 3.05) is 32.9 Å². The minimum atomic E-state index is -0.377. The Morgan fingerprint density at radius 2 is 2.18 bits per heavy atom. The Morgan fingerprint density at radius 3 is 2.77 bits per heavy atom. The number of piperidine rings is 1. The van der Waals surface area contributed by atoms with Gasteiger partial charge in [0.25, 0.3) is 0 Å². The van der Waals surface area contributed by atoms with Crippen LogP contribution in [0.25, 0.3) is 0 Å². The number of hydrogen-bond donors (Lipinski definition) is 0. The van der Waals surface area contributed by atoms with E-state index < -0.39 is 0 Å². The molecule has 0 aromatic carbocycles. The number of aromatic nitrogens is 1. The lowest BCUT2D eigenvalue weighted by atomic mass is 10.0. The minimum absolute atomic E-state index is 0.0831. The van der Waals surface area contributed by atoms with Crippen LogP contribution in [0.3, 0.4) is 0 Å². The molecular formula is C16H24FN3O2. The van der Waals surface area contributed by atoms with Crippen LogP contribution in [-0.2, 0) is 11.2 Å². The van der Waals surface area contributed by atoms with Gasteiger partial charge < -0.3 is 14.2 Å². The highest BCUT2D eigenvalue weighted by molar-refractivity contribution is 5.79. The van der Waals surface area contributed by atoms with E-state index in [0.29, 0.717) is 24.9 Å². The van der Waals surface area contributed by atoms with E-state index in [2.05, 4.69) is 9.88 Å². The fourth-order valence-corrected chi connectivity index (χ4v) is 3.51. The average Bonchev–Trinajstić information content (AvgIpc) is 3.11. The molecule has 0 radical (unpaired) electrons. The van der Waals surface area contributed by atoms with Crippen LogP contribution in [0.1, 0.15) is 30.9 Å². The van der Waals surface area contributed by atoms with Gasteiger partial charge in [0.2, 0.25) is 5.91 Å². The lowest BCUT2D eigenvalue weighted by molar-refractivity contribution is -0.130. The number of oxazole rings is 1. The number of rotatable bonds is 5. The summed E-state index contributed by atoms with van der Waals surface area (Å²) in [5, 5.41) is 0. The van der Waals surface area contributed by atoms with Crippen LogP contribution >= 0.6 is 0 Å². The number of alkyl halides is 1. The van der Waals surface area contributed by atoms with Gasteiger partial charge in [0, 0.05) is 57.9 Å². The van der Waals surface area contributed by atoms with Crippen molar-refractivity contribution in [2.45, 2.75) is 38.6 Å². The van der Waals surface area contributed by atoms with Crippen LogP contribution < -0.4 is 0 Å². The van der Waals surface area contributed by atoms with Crippen molar-refractivity contribution in [3.8, 4) is 0 Å². The van der Waals surface area contributed by atoms with Gasteiger partial charge >= 0.3 is 0 Å². The molecule has 2 saturated heterocycles. The maximum absolute atomic E-state index is 12.7. The molecule has 3 rings (SSSR count). The van der Waals surface area contributed by atoms with Crippen LogP contribution in [0.5, 0.6) is 0 Å². The zero-order valence-corrected chi connectivity index (χ0v) is 13.1. The number of likely N-dealkylation sites (tertiary alicyclic amines) is 2. The molecule has 2 fully saturated rings. The molecule has 3 heterocycles. The van der Waals surface area contributed by atoms with Crippen molar-refractivity contribution in [1.82, 2.24) is 14.8 Å². The number of aryl methyl sites for hydroxylation is 1. The molecule has 0 aliphatic carbocycles. The smallest absolute Gasteiger partial charge is 0.223 e. The Labute approximate surface area is 130 Å². The number of nitrogens with zero attached hydrogens (tertiary/aromatic N) is 3. The van der Waals surface area contributed by atoms with Gasteiger partial charge in [-0.1, -0.05) is 0 Å². The maximum atomic E-state index is 12.7. The summed E-state index contributed by atoms with van der Waals surface area (Å²) in [5.74, 6) is 1.70. The topological polar surface area (TPSA) is 49.6 Å². The number of amides is 1. The molecule has 22 heavy (non-hydrogen) atoms. The minimum Gasteiger partial charge on any atom is -0.446 e. The first kappa shape index (κ1) is 15.5. The Balaban J connectivity index is 1.43. The van der Waals surface area contributed by atoms with E-state index in [1.165, 1.54) is 0 Å². The number of hydrogen-bond acceptors (Lipinski definition) is 4. The molecule has 6 heteroatoms. The van der Waals surface area contributed by atoms with Gasteiger partial charge in [-0.2, -0.15) is 0 Å². The Morgan fingerprint density at radius 1 is 1.41 bits per heavy atom. The zero-order valence-electron chi connectivity index (χ0n) is 13.1. The van der Waals surface area contributed by atoms with Gasteiger partial charge in [0.05, 0.1) is 12.9 Å². The second-order valence-corrected chi connectivity index (χ2v) is 6.44. The standard InChI is InChI=1S/C16H24FN3O2/c1-12-18-10-15(22-12)4-7-19-5-2-14(3-6-19)20-11-13(9-17)8-16(20)21/h10,13-14H,2-9,11H2,1H3. The van der Waals surface area contributed by atoms with Crippen LogP contribution in [0, 0.1) is 12.8 Å². The number of carbonyl (C=O) groups excluding carboxylic acids is 1. The number of carbonyl (C=O) groups is 1. The second kappa shape index (κ2) is 6.77. The Kier molecular flexibility index (Phi) is 4.76. The molecule has 122 valence electrons. The van der Waals surface area contributed by atoms with Crippen molar-refractivity contribution >= 4 is 5.91 Å². The molecule has 0 spiro atoms. The first-order valence-electron chi connectivity index (χ1n) is 8.15. The number of halogens is 1. The first-order valence-corrected chi connectivity index (χ1v) is 8.15. The fraction of sp³-hybridized carbons (Fsp3) is 0.750. The van der Waals surface area contributed by atoms with Crippen LogP contribution in [0.2, 0.25) is 0 Å². The summed E-state index contributed by atoms with van der Waals surface area (Å²) in [7, 11) is 0. The average molecular weight is 309 g/mol. The molecule has 1 aromatic rings. The zero-order chi connectivity index (χ0) is 15.5. The van der Waals surface area contributed by atoms with E-state index in [-0.39, 0.29) is 18.5 Å². The van der Waals surface area contributed by atoms with E-state index in [1.54, 1.807) is 6.20 Å². The van der Waals surface area contributed by atoms with Gasteiger partial charge in [-0.3, -0.25) is 9.18 Å². The summed E-state index contributed by atoms with van der Waals surface area (Å²) >= 11 is 0. The summed E-state index contributed by atoms with van der Waals surface area (Å²) in [6.45, 7) is 5.02. The quantitative estimate of drug-likeness (QED) is 0.832. The van der Waals surface area contributed by atoms with Gasteiger partial charge in [0.1, 0.15) is 5.76 Å². The van der Waals surface area contributed by atoms with Crippen molar-refractivity contribution < 1.29 is 13.6 Å². The largest absolute Gasteiger partial charge is 0.446 e. The van der Waals surface area contributed by atoms with Crippen LogP contribution in [-0.4, -0.2) is 59.6 Å². The molecule has 1 atom stereocenters. The molecule has 1 aromatic heterocycles. The highest BCUT2D eigenvalue weighted by Crippen LogP contribution is 2.25. The summed E-state index contributed by atoms with van der Waals surface area (Å²) in [4.78, 5) is 20.4. The third kappa shape index (κ3) is 3.48. The lowest BCUT2D eigenvalue weighted by Gasteiger charge is -2.36. The predicted molar refractivity (Wildman–Crippen MR) is 80.2 cm³/mol. The summed E-state index contributed by atoms with van der Waals surface area (Å²) in [6.07, 6.45) is 5.03. The molecule has 1 amide bonds. The van der Waals surface area contributed by atoms with E-state index in [1.807, 2.05) is 11.8 Å². The maximum Gasteiger partial charge on any atom is 0.223 e. The summed E-state index contributed by atoms with van der Waals surface area (Å²) in [5.41, 5.74) is 0. The van der Waals surface area contributed by atoms with Gasteiger partial charge in [0.15, 0.2) is 5.89 Å². The molecule has 2 aliphatic rings. The van der Waals surface area contributed by atoms with Crippen molar-refractivity contribution in [2.24, 2.45) is 5.92 Å². The fourth-order valence-electron chi connectivity index (χ4n) is 3.51. The molecule has 2 aliphatic heterocycles. The molecule has 0 bridgehead atoms. The monoisotopic (exact) mass is 309 g/mol. The van der Waals surface area contributed by atoms with E-state index in [0.717, 1.165) is 44.7 Å².